The molecule has 3 rings (SSSR count). The van der Waals surface area contributed by atoms with Gasteiger partial charge in [0.25, 0.3) is 5.91 Å². The van der Waals surface area contributed by atoms with Gasteiger partial charge in [0.05, 0.1) is 22.5 Å². The maximum Gasteiger partial charge on any atom is 0.286 e. The van der Waals surface area contributed by atoms with Gasteiger partial charge >= 0.3 is 0 Å². The van der Waals surface area contributed by atoms with Crippen molar-refractivity contribution < 1.29 is 22.4 Å². The van der Waals surface area contributed by atoms with Gasteiger partial charge in [-0.15, -0.1) is 0 Å². The third-order valence-electron chi connectivity index (χ3n) is 5.68. The molecule has 0 radical (unpaired) electrons. The Labute approximate surface area is 195 Å². The van der Waals surface area contributed by atoms with E-state index in [1.807, 2.05) is 18.7 Å². The van der Waals surface area contributed by atoms with E-state index >= 15 is 0 Å². The van der Waals surface area contributed by atoms with Gasteiger partial charge in [0.2, 0.25) is 15.9 Å². The third kappa shape index (κ3) is 6.14. The maximum absolute atomic E-state index is 13.1. The number of rotatable bonds is 10. The molecule has 2 heterocycles. The smallest absolute Gasteiger partial charge is 0.286 e. The molecule has 10 heteroatoms. The quantitative estimate of drug-likeness (QED) is 0.545. The van der Waals surface area contributed by atoms with Crippen LogP contribution in [-0.2, 0) is 14.8 Å². The van der Waals surface area contributed by atoms with Crippen LogP contribution in [0.3, 0.4) is 0 Å². The van der Waals surface area contributed by atoms with Gasteiger partial charge in [-0.25, -0.2) is 8.42 Å². The Morgan fingerprint density at radius 3 is 2.45 bits per heavy atom. The van der Waals surface area contributed by atoms with E-state index in [0.29, 0.717) is 31.9 Å². The Kier molecular flexibility index (Phi) is 8.51. The number of benzene rings is 1. The van der Waals surface area contributed by atoms with Crippen molar-refractivity contribution in [2.75, 3.05) is 42.9 Å². The summed E-state index contributed by atoms with van der Waals surface area (Å²) in [5, 5.41) is 5.48. The van der Waals surface area contributed by atoms with Crippen molar-refractivity contribution in [2.45, 2.75) is 44.4 Å². The maximum atomic E-state index is 13.1. The molecule has 180 valence electrons. The molecule has 1 aromatic carbocycles. The Hall–Kier alpha value is -2.85. The van der Waals surface area contributed by atoms with Crippen LogP contribution < -0.4 is 15.5 Å². The lowest BCUT2D eigenvalue weighted by Gasteiger charge is -2.28. The minimum Gasteiger partial charge on any atom is -0.459 e. The van der Waals surface area contributed by atoms with E-state index in [4.69, 9.17) is 4.42 Å². The largest absolute Gasteiger partial charge is 0.459 e. The highest BCUT2D eigenvalue weighted by atomic mass is 32.2. The van der Waals surface area contributed by atoms with E-state index in [2.05, 4.69) is 10.6 Å². The lowest BCUT2D eigenvalue weighted by molar-refractivity contribution is -0.116. The summed E-state index contributed by atoms with van der Waals surface area (Å²) >= 11 is 0. The summed E-state index contributed by atoms with van der Waals surface area (Å²) < 4.78 is 32.8. The molecular weight excluding hydrogens is 444 g/mol. The number of piperidine rings is 1. The molecular formula is C23H32N4O5S. The molecule has 1 fully saturated rings. The number of carbonyl (C=O) groups is 2. The van der Waals surface area contributed by atoms with Crippen LogP contribution in [0, 0.1) is 0 Å². The molecule has 1 aliphatic heterocycles. The SMILES string of the molecule is CCN(CC)c1ccc(S(=O)(=O)N2CCCCC2)cc1NC(=O)CCNC(=O)c1ccco1. The van der Waals surface area contributed by atoms with Gasteiger partial charge in [-0.05, 0) is 57.0 Å². The van der Waals surface area contributed by atoms with E-state index in [1.54, 1.807) is 24.3 Å². The van der Waals surface area contributed by atoms with Crippen LogP contribution in [0.4, 0.5) is 11.4 Å². The average Bonchev–Trinajstić information content (AvgIpc) is 3.36. The van der Waals surface area contributed by atoms with E-state index in [-0.39, 0.29) is 29.5 Å². The molecule has 2 N–H and O–H groups in total. The molecule has 1 aliphatic rings. The number of carbonyl (C=O) groups excluding carboxylic acids is 2. The number of hydrogen-bond acceptors (Lipinski definition) is 6. The highest BCUT2D eigenvalue weighted by Gasteiger charge is 2.27. The predicted molar refractivity (Wildman–Crippen MR) is 127 cm³/mol. The Balaban J connectivity index is 1.75. The molecule has 9 nitrogen and oxygen atoms in total. The molecule has 0 bridgehead atoms. The van der Waals surface area contributed by atoms with Crippen molar-refractivity contribution in [3.63, 3.8) is 0 Å². The Morgan fingerprint density at radius 1 is 1.09 bits per heavy atom. The third-order valence-corrected chi connectivity index (χ3v) is 7.58. The fourth-order valence-electron chi connectivity index (χ4n) is 3.87. The second kappa shape index (κ2) is 11.3. The molecule has 2 aromatic rings. The molecule has 1 saturated heterocycles. The fourth-order valence-corrected chi connectivity index (χ4v) is 5.41. The predicted octanol–water partition coefficient (Wildman–Crippen LogP) is 3.06. The number of anilines is 2. The summed E-state index contributed by atoms with van der Waals surface area (Å²) in [6.45, 7) is 6.55. The van der Waals surface area contributed by atoms with Gasteiger partial charge in [0, 0.05) is 39.1 Å². The second-order valence-corrected chi connectivity index (χ2v) is 9.79. The first kappa shape index (κ1) is 24.8. The fraction of sp³-hybridized carbons (Fsp3) is 0.478. The first-order valence-corrected chi connectivity index (χ1v) is 12.8. The van der Waals surface area contributed by atoms with Crippen molar-refractivity contribution in [2.24, 2.45) is 0 Å². The minimum absolute atomic E-state index is 0.0350. The number of nitrogens with one attached hydrogen (secondary N) is 2. The van der Waals surface area contributed by atoms with Crippen LogP contribution in [0.15, 0.2) is 45.9 Å². The van der Waals surface area contributed by atoms with Crippen LogP contribution in [0.25, 0.3) is 0 Å². The Bertz CT molecular complexity index is 1040. The monoisotopic (exact) mass is 476 g/mol. The van der Waals surface area contributed by atoms with Crippen molar-refractivity contribution in [3.8, 4) is 0 Å². The van der Waals surface area contributed by atoms with Gasteiger partial charge < -0.3 is 20.0 Å². The number of furan rings is 1. The first-order chi connectivity index (χ1) is 15.9. The lowest BCUT2D eigenvalue weighted by Crippen LogP contribution is -2.35. The summed E-state index contributed by atoms with van der Waals surface area (Å²) in [6.07, 6.45) is 4.17. The topological polar surface area (TPSA) is 112 Å². The summed E-state index contributed by atoms with van der Waals surface area (Å²) in [7, 11) is -3.63. The summed E-state index contributed by atoms with van der Waals surface area (Å²) in [6, 6.07) is 8.05. The van der Waals surface area contributed by atoms with Gasteiger partial charge in [-0.1, -0.05) is 6.42 Å². The zero-order valence-electron chi connectivity index (χ0n) is 19.2. The number of nitrogens with zero attached hydrogens (tertiary/aromatic N) is 2. The zero-order valence-corrected chi connectivity index (χ0v) is 20.0. The van der Waals surface area contributed by atoms with Crippen LogP contribution in [-0.4, -0.2) is 57.3 Å². The molecule has 0 saturated carbocycles. The Morgan fingerprint density at radius 2 is 1.82 bits per heavy atom. The normalized spacial score (nSPS) is 14.6. The molecule has 0 spiro atoms. The number of amides is 2. The van der Waals surface area contributed by atoms with Gasteiger partial charge in [0.1, 0.15) is 0 Å². The molecule has 0 atom stereocenters. The summed E-state index contributed by atoms with van der Waals surface area (Å²) in [5.74, 6) is -0.545. The molecule has 0 aliphatic carbocycles. The lowest BCUT2D eigenvalue weighted by atomic mass is 10.2. The summed E-state index contributed by atoms with van der Waals surface area (Å²) in [5.41, 5.74) is 1.20. The zero-order chi connectivity index (χ0) is 23.8. The van der Waals surface area contributed by atoms with E-state index in [9.17, 15) is 18.0 Å². The highest BCUT2D eigenvalue weighted by molar-refractivity contribution is 7.89. The average molecular weight is 477 g/mol. The van der Waals surface area contributed by atoms with Crippen LogP contribution >= 0.6 is 0 Å². The van der Waals surface area contributed by atoms with E-state index in [1.165, 1.54) is 16.6 Å². The van der Waals surface area contributed by atoms with E-state index < -0.39 is 15.9 Å². The number of hydrogen-bond donors (Lipinski definition) is 2. The van der Waals surface area contributed by atoms with E-state index in [0.717, 1.165) is 24.9 Å². The standard InChI is InChI=1S/C23H32N4O5S/c1-3-26(4-2)20-11-10-18(33(30,31)27-14-6-5-7-15-27)17-19(20)25-22(28)12-13-24-23(29)21-9-8-16-32-21/h8-11,16-17H,3-7,12-15H2,1-2H3,(H,24,29)(H,25,28). The number of sulfonamides is 1. The van der Waals surface area contributed by atoms with Crippen molar-refractivity contribution in [1.29, 1.82) is 0 Å². The molecule has 0 unspecified atom stereocenters. The van der Waals surface area contributed by atoms with Crippen LogP contribution in [0.5, 0.6) is 0 Å². The molecule has 1 aromatic heterocycles. The summed E-state index contributed by atoms with van der Waals surface area (Å²) in [4.78, 5) is 26.8. The highest BCUT2D eigenvalue weighted by Crippen LogP contribution is 2.31. The van der Waals surface area contributed by atoms with Crippen LogP contribution in [0.1, 0.15) is 50.1 Å². The minimum atomic E-state index is -3.63. The first-order valence-electron chi connectivity index (χ1n) is 11.4. The van der Waals surface area contributed by atoms with Crippen molar-refractivity contribution in [3.05, 3.63) is 42.4 Å². The second-order valence-electron chi connectivity index (χ2n) is 7.85. The van der Waals surface area contributed by atoms with Crippen LogP contribution in [0.2, 0.25) is 0 Å². The van der Waals surface area contributed by atoms with Gasteiger partial charge in [0.15, 0.2) is 5.76 Å². The van der Waals surface area contributed by atoms with Crippen molar-refractivity contribution >= 4 is 33.2 Å². The molecule has 33 heavy (non-hydrogen) atoms. The van der Waals surface area contributed by atoms with Crippen molar-refractivity contribution in [1.82, 2.24) is 9.62 Å². The van der Waals surface area contributed by atoms with Gasteiger partial charge in [-0.3, -0.25) is 9.59 Å². The van der Waals surface area contributed by atoms with Gasteiger partial charge in [-0.2, -0.15) is 4.31 Å². The molecule has 2 amide bonds.